The Labute approximate surface area is 207 Å². The van der Waals surface area contributed by atoms with E-state index in [0.717, 1.165) is 4.90 Å². The van der Waals surface area contributed by atoms with Crippen molar-refractivity contribution in [2.75, 3.05) is 42.3 Å². The molecular weight excluding hydrogens is 468 g/mol. The number of nitrogens with two attached hydrogens (primary N) is 1. The number of fused-ring (bicyclic) bond motifs is 3. The van der Waals surface area contributed by atoms with Gasteiger partial charge in [-0.15, -0.1) is 0 Å². The Balaban J connectivity index is 1.76. The van der Waals surface area contributed by atoms with E-state index >= 15 is 0 Å². The number of benzene rings is 1. The summed E-state index contributed by atoms with van der Waals surface area (Å²) < 4.78 is 6.34. The number of anilines is 3. The third-order valence-corrected chi connectivity index (χ3v) is 6.79. The molecule has 0 bridgehead atoms. The van der Waals surface area contributed by atoms with Crippen LogP contribution >= 0.6 is 0 Å². The molecule has 36 heavy (non-hydrogen) atoms. The molecule has 4 rings (SSSR count). The maximum absolute atomic E-state index is 13.7. The number of aromatic nitrogens is 2. The standard InChI is InChI=1S/C24H30N6O6/c1-4-11-28-20(25)19(21(33)26-23(28)35)27(12-13-36-3)18(32)14-29-22(34)15-7-5-6-8-16(15)30-17(31)9-10-24(29,30)2/h5-8H,4,9-14,25H2,1-3H3,(H,26,33,35). The molecule has 0 aliphatic carbocycles. The first-order valence-corrected chi connectivity index (χ1v) is 11.8. The van der Waals surface area contributed by atoms with Gasteiger partial charge in [-0.1, -0.05) is 19.1 Å². The second-order valence-corrected chi connectivity index (χ2v) is 9.04. The van der Waals surface area contributed by atoms with E-state index in [1.54, 1.807) is 36.1 Å². The zero-order chi connectivity index (χ0) is 26.2. The summed E-state index contributed by atoms with van der Waals surface area (Å²) in [6.07, 6.45) is 1.15. The number of nitrogens with zero attached hydrogens (tertiary/aromatic N) is 4. The van der Waals surface area contributed by atoms with E-state index in [9.17, 15) is 24.0 Å². The summed E-state index contributed by atoms with van der Waals surface area (Å²) in [5.74, 6) is -1.27. The quantitative estimate of drug-likeness (QED) is 0.538. The van der Waals surface area contributed by atoms with Gasteiger partial charge in [0.2, 0.25) is 11.8 Å². The molecule has 0 saturated carbocycles. The van der Waals surface area contributed by atoms with Crippen molar-refractivity contribution in [1.29, 1.82) is 0 Å². The monoisotopic (exact) mass is 498 g/mol. The van der Waals surface area contributed by atoms with Crippen LogP contribution in [0.4, 0.5) is 17.2 Å². The van der Waals surface area contributed by atoms with E-state index in [1.807, 2.05) is 6.92 Å². The largest absolute Gasteiger partial charge is 0.383 e. The number of hydrogen-bond donors (Lipinski definition) is 2. The number of hydrogen-bond acceptors (Lipinski definition) is 7. The van der Waals surface area contributed by atoms with Gasteiger partial charge in [0.15, 0.2) is 5.69 Å². The second kappa shape index (κ2) is 9.61. The van der Waals surface area contributed by atoms with Crippen LogP contribution in [0.25, 0.3) is 0 Å². The van der Waals surface area contributed by atoms with E-state index in [2.05, 4.69) is 4.98 Å². The molecule has 1 saturated heterocycles. The first kappa shape index (κ1) is 25.2. The predicted molar refractivity (Wildman–Crippen MR) is 133 cm³/mol. The Kier molecular flexibility index (Phi) is 6.72. The molecule has 1 fully saturated rings. The summed E-state index contributed by atoms with van der Waals surface area (Å²) >= 11 is 0. The van der Waals surface area contributed by atoms with Crippen molar-refractivity contribution in [3.63, 3.8) is 0 Å². The molecule has 192 valence electrons. The SMILES string of the molecule is CCCn1c(N)c(N(CCOC)C(=O)CN2C(=O)c3ccccc3N3C(=O)CCC23C)c(=O)[nH]c1=O. The average molecular weight is 499 g/mol. The number of H-pyrrole nitrogens is 1. The Morgan fingerprint density at radius 1 is 1.22 bits per heavy atom. The Morgan fingerprint density at radius 3 is 2.64 bits per heavy atom. The van der Waals surface area contributed by atoms with Crippen LogP contribution in [0.1, 0.15) is 43.5 Å². The number of para-hydroxylation sites is 1. The van der Waals surface area contributed by atoms with E-state index in [4.69, 9.17) is 10.5 Å². The molecule has 1 aromatic heterocycles. The van der Waals surface area contributed by atoms with Crippen molar-refractivity contribution in [2.24, 2.45) is 0 Å². The summed E-state index contributed by atoms with van der Waals surface area (Å²) in [5, 5.41) is 0. The molecule has 1 atom stereocenters. The molecule has 3 heterocycles. The zero-order valence-electron chi connectivity index (χ0n) is 20.6. The molecule has 0 spiro atoms. The van der Waals surface area contributed by atoms with Crippen LogP contribution in [0.5, 0.6) is 0 Å². The van der Waals surface area contributed by atoms with Crippen molar-refractivity contribution in [1.82, 2.24) is 14.5 Å². The third kappa shape index (κ3) is 3.96. The van der Waals surface area contributed by atoms with Gasteiger partial charge in [-0.25, -0.2) is 4.79 Å². The normalized spacial score (nSPS) is 18.9. The van der Waals surface area contributed by atoms with Gasteiger partial charge in [0.05, 0.1) is 17.9 Å². The molecule has 3 amide bonds. The molecule has 2 aliphatic rings. The van der Waals surface area contributed by atoms with Crippen molar-refractivity contribution in [3.8, 4) is 0 Å². The molecule has 2 aliphatic heterocycles. The minimum atomic E-state index is -1.05. The Morgan fingerprint density at radius 2 is 1.94 bits per heavy atom. The lowest BCUT2D eigenvalue weighted by molar-refractivity contribution is -0.122. The molecular formula is C24H30N6O6. The van der Waals surface area contributed by atoms with Gasteiger partial charge < -0.3 is 20.3 Å². The predicted octanol–water partition coefficient (Wildman–Crippen LogP) is 0.507. The highest BCUT2D eigenvalue weighted by molar-refractivity contribution is 6.11. The summed E-state index contributed by atoms with van der Waals surface area (Å²) in [6, 6.07) is 6.79. The van der Waals surface area contributed by atoms with Crippen LogP contribution in [0.15, 0.2) is 33.9 Å². The molecule has 1 aromatic carbocycles. The fourth-order valence-corrected chi connectivity index (χ4v) is 4.99. The molecule has 0 radical (unpaired) electrons. The van der Waals surface area contributed by atoms with Gasteiger partial charge in [-0.05, 0) is 31.9 Å². The smallest absolute Gasteiger partial charge is 0.330 e. The van der Waals surface area contributed by atoms with Crippen LogP contribution < -0.4 is 26.8 Å². The maximum Gasteiger partial charge on any atom is 0.330 e. The lowest BCUT2D eigenvalue weighted by Crippen LogP contribution is -2.64. The highest BCUT2D eigenvalue weighted by Crippen LogP contribution is 2.44. The molecule has 3 N–H and O–H groups in total. The van der Waals surface area contributed by atoms with E-state index in [0.29, 0.717) is 24.1 Å². The summed E-state index contributed by atoms with van der Waals surface area (Å²) in [5.41, 5.74) is 4.33. The number of nitrogens with one attached hydrogen (secondary N) is 1. The summed E-state index contributed by atoms with van der Waals surface area (Å²) in [4.78, 5) is 71.5. The molecule has 2 aromatic rings. The van der Waals surface area contributed by atoms with Crippen LogP contribution in [-0.2, 0) is 20.9 Å². The average Bonchev–Trinajstić information content (AvgIpc) is 3.16. The minimum Gasteiger partial charge on any atom is -0.383 e. The highest BCUT2D eigenvalue weighted by Gasteiger charge is 2.53. The van der Waals surface area contributed by atoms with Gasteiger partial charge in [-0.2, -0.15) is 0 Å². The van der Waals surface area contributed by atoms with Crippen molar-refractivity contribution < 1.29 is 19.1 Å². The summed E-state index contributed by atoms with van der Waals surface area (Å²) in [7, 11) is 1.45. The fourth-order valence-electron chi connectivity index (χ4n) is 4.99. The number of carbonyl (C=O) groups is 3. The number of nitrogen functional groups attached to an aromatic ring is 1. The first-order valence-electron chi connectivity index (χ1n) is 11.8. The third-order valence-electron chi connectivity index (χ3n) is 6.79. The van der Waals surface area contributed by atoms with E-state index in [-0.39, 0.29) is 43.5 Å². The van der Waals surface area contributed by atoms with Gasteiger partial charge in [-0.3, -0.25) is 33.6 Å². The van der Waals surface area contributed by atoms with Crippen LogP contribution in [-0.4, -0.2) is 64.6 Å². The number of methoxy groups -OCH3 is 1. The number of ether oxygens (including phenoxy) is 1. The first-order chi connectivity index (χ1) is 17.2. The maximum atomic E-state index is 13.7. The van der Waals surface area contributed by atoms with Gasteiger partial charge in [0, 0.05) is 26.6 Å². The number of aromatic amines is 1. The Hall–Kier alpha value is -3.93. The molecule has 1 unspecified atom stereocenters. The number of carbonyl (C=O) groups excluding carboxylic acids is 3. The second-order valence-electron chi connectivity index (χ2n) is 9.04. The lowest BCUT2D eigenvalue weighted by atomic mass is 9.98. The topological polar surface area (TPSA) is 151 Å². The van der Waals surface area contributed by atoms with Gasteiger partial charge in [0.25, 0.3) is 11.5 Å². The van der Waals surface area contributed by atoms with Gasteiger partial charge in [0.1, 0.15) is 18.0 Å². The highest BCUT2D eigenvalue weighted by atomic mass is 16.5. The molecule has 12 heteroatoms. The molecule has 12 nitrogen and oxygen atoms in total. The lowest BCUT2D eigenvalue weighted by Gasteiger charge is -2.48. The van der Waals surface area contributed by atoms with Gasteiger partial charge >= 0.3 is 5.69 Å². The van der Waals surface area contributed by atoms with E-state index in [1.165, 1.54) is 16.6 Å². The Bertz CT molecular complexity index is 1330. The number of rotatable bonds is 8. The van der Waals surface area contributed by atoms with Crippen molar-refractivity contribution in [2.45, 2.75) is 45.3 Å². The van der Waals surface area contributed by atoms with Crippen LogP contribution in [0, 0.1) is 0 Å². The minimum absolute atomic E-state index is 0.0368. The van der Waals surface area contributed by atoms with Crippen LogP contribution in [0.2, 0.25) is 0 Å². The van der Waals surface area contributed by atoms with Crippen molar-refractivity contribution >= 4 is 34.9 Å². The van der Waals surface area contributed by atoms with Crippen LogP contribution in [0.3, 0.4) is 0 Å². The van der Waals surface area contributed by atoms with E-state index < -0.39 is 35.3 Å². The zero-order valence-corrected chi connectivity index (χ0v) is 20.6. The fraction of sp³-hybridized carbons (Fsp3) is 0.458. The number of amides is 3. The summed E-state index contributed by atoms with van der Waals surface area (Å²) in [6.45, 7) is 3.47. The van der Waals surface area contributed by atoms with Crippen molar-refractivity contribution in [3.05, 3.63) is 50.7 Å².